The third-order valence-corrected chi connectivity index (χ3v) is 9.09. The van der Waals surface area contributed by atoms with Crippen molar-refractivity contribution < 1.29 is 9.90 Å². The molecule has 4 aliphatic rings. The largest absolute Gasteiger partial charge is 0.478 e. The Morgan fingerprint density at radius 2 is 1.47 bits per heavy atom. The minimum atomic E-state index is -0.941. The average Bonchev–Trinajstić information content (AvgIpc) is 3.20. The number of fused-ring (bicyclic) bond motifs is 1. The standard InChI is InChI=1S/C31H31N3O2/c1-34-28-26(30(35)36)3-2-4-27(28)33-29(34)22-5-9-24(10-6-22)32-25-11-7-23(8-12-25)31-16-19-13-20(17-31)15-21(14-19)18-31/h2-12,19-21,32H,13-18H2,1H3,(H,35,36). The van der Waals surface area contributed by atoms with E-state index in [4.69, 9.17) is 4.98 Å². The number of benzene rings is 3. The topological polar surface area (TPSA) is 67.2 Å². The quantitative estimate of drug-likeness (QED) is 0.320. The molecule has 1 heterocycles. The number of carboxylic acids is 1. The first-order valence-corrected chi connectivity index (χ1v) is 13.1. The lowest BCUT2D eigenvalue weighted by molar-refractivity contribution is -0.00518. The first-order chi connectivity index (χ1) is 17.5. The van der Waals surface area contributed by atoms with Gasteiger partial charge in [0.15, 0.2) is 0 Å². The van der Waals surface area contributed by atoms with Crippen LogP contribution >= 0.6 is 0 Å². The third kappa shape index (κ3) is 3.44. The maximum absolute atomic E-state index is 11.7. The summed E-state index contributed by atoms with van der Waals surface area (Å²) in [4.78, 5) is 16.4. The van der Waals surface area contributed by atoms with Crippen LogP contribution in [0.15, 0.2) is 66.7 Å². The van der Waals surface area contributed by atoms with Gasteiger partial charge in [0.25, 0.3) is 0 Å². The lowest BCUT2D eigenvalue weighted by Gasteiger charge is -2.57. The second kappa shape index (κ2) is 7.95. The number of nitrogens with zero attached hydrogens (tertiary/aromatic N) is 2. The Hall–Kier alpha value is -3.60. The van der Waals surface area contributed by atoms with Crippen LogP contribution in [0, 0.1) is 17.8 Å². The van der Waals surface area contributed by atoms with Crippen LogP contribution in [-0.4, -0.2) is 20.6 Å². The number of aromatic nitrogens is 2. The first kappa shape index (κ1) is 21.7. The van der Waals surface area contributed by atoms with Gasteiger partial charge in [-0.1, -0.05) is 18.2 Å². The summed E-state index contributed by atoms with van der Waals surface area (Å²) >= 11 is 0. The Morgan fingerprint density at radius 3 is 2.06 bits per heavy atom. The number of carbonyl (C=O) groups is 1. The maximum Gasteiger partial charge on any atom is 0.337 e. The molecule has 2 N–H and O–H groups in total. The highest BCUT2D eigenvalue weighted by Crippen LogP contribution is 2.60. The summed E-state index contributed by atoms with van der Waals surface area (Å²) in [6, 6.07) is 22.6. The minimum absolute atomic E-state index is 0.268. The zero-order valence-corrected chi connectivity index (χ0v) is 20.6. The highest BCUT2D eigenvalue weighted by molar-refractivity contribution is 6.02. The van der Waals surface area contributed by atoms with E-state index in [1.165, 1.54) is 38.5 Å². The Labute approximate surface area is 211 Å². The fourth-order valence-corrected chi connectivity index (χ4v) is 7.94. The van der Waals surface area contributed by atoms with E-state index in [2.05, 4.69) is 41.7 Å². The molecule has 0 saturated heterocycles. The Bertz CT molecular complexity index is 1430. The Kier molecular flexibility index (Phi) is 4.79. The van der Waals surface area contributed by atoms with Crippen molar-refractivity contribution in [2.45, 2.75) is 43.9 Å². The number of rotatable bonds is 5. The van der Waals surface area contributed by atoms with Gasteiger partial charge in [0.1, 0.15) is 5.82 Å². The van der Waals surface area contributed by atoms with Gasteiger partial charge >= 0.3 is 5.97 Å². The molecular weight excluding hydrogens is 446 g/mol. The molecule has 3 aromatic carbocycles. The molecule has 36 heavy (non-hydrogen) atoms. The molecule has 8 rings (SSSR count). The average molecular weight is 478 g/mol. The van der Waals surface area contributed by atoms with Crippen LogP contribution < -0.4 is 5.32 Å². The van der Waals surface area contributed by atoms with E-state index in [0.29, 0.717) is 16.4 Å². The first-order valence-electron chi connectivity index (χ1n) is 13.1. The minimum Gasteiger partial charge on any atom is -0.478 e. The molecule has 0 amide bonds. The molecule has 0 unspecified atom stereocenters. The van der Waals surface area contributed by atoms with E-state index in [1.807, 2.05) is 29.8 Å². The molecule has 4 bridgehead atoms. The maximum atomic E-state index is 11.7. The lowest BCUT2D eigenvalue weighted by atomic mass is 9.48. The third-order valence-electron chi connectivity index (χ3n) is 9.09. The van der Waals surface area contributed by atoms with Crippen LogP contribution in [0.25, 0.3) is 22.4 Å². The molecule has 4 aromatic rings. The number of para-hydroxylation sites is 1. The van der Waals surface area contributed by atoms with E-state index >= 15 is 0 Å². The fraction of sp³-hybridized carbons (Fsp3) is 0.355. The number of aromatic carboxylic acids is 1. The van der Waals surface area contributed by atoms with E-state index < -0.39 is 5.97 Å². The molecule has 0 spiro atoms. The van der Waals surface area contributed by atoms with E-state index in [-0.39, 0.29) is 5.56 Å². The molecule has 0 radical (unpaired) electrons. The highest BCUT2D eigenvalue weighted by Gasteiger charge is 2.51. The van der Waals surface area contributed by atoms with Crippen LogP contribution in [0.4, 0.5) is 11.4 Å². The van der Waals surface area contributed by atoms with Crippen molar-refractivity contribution >= 4 is 28.4 Å². The van der Waals surface area contributed by atoms with E-state index in [9.17, 15) is 9.90 Å². The van der Waals surface area contributed by atoms with Crippen LogP contribution in [0.5, 0.6) is 0 Å². The van der Waals surface area contributed by atoms with Gasteiger partial charge in [-0.05, 0) is 116 Å². The smallest absolute Gasteiger partial charge is 0.337 e. The van der Waals surface area contributed by atoms with Crippen molar-refractivity contribution in [3.05, 3.63) is 77.9 Å². The summed E-state index contributed by atoms with van der Waals surface area (Å²) in [6.07, 6.45) is 8.61. The lowest BCUT2D eigenvalue weighted by Crippen LogP contribution is -2.48. The van der Waals surface area contributed by atoms with Crippen molar-refractivity contribution in [1.29, 1.82) is 0 Å². The summed E-state index contributed by atoms with van der Waals surface area (Å²) in [5.74, 6) is 2.69. The van der Waals surface area contributed by atoms with Crippen LogP contribution in [0.3, 0.4) is 0 Å². The number of hydrogen-bond donors (Lipinski definition) is 2. The van der Waals surface area contributed by atoms with Crippen molar-refractivity contribution in [3.63, 3.8) is 0 Å². The van der Waals surface area contributed by atoms with Gasteiger partial charge < -0.3 is 15.0 Å². The molecule has 182 valence electrons. The summed E-state index contributed by atoms with van der Waals surface area (Å²) in [7, 11) is 1.87. The van der Waals surface area contributed by atoms with Crippen molar-refractivity contribution in [1.82, 2.24) is 9.55 Å². The van der Waals surface area contributed by atoms with Crippen molar-refractivity contribution in [2.75, 3.05) is 5.32 Å². The van der Waals surface area contributed by atoms with Gasteiger partial charge in [0.05, 0.1) is 16.6 Å². The van der Waals surface area contributed by atoms with E-state index in [1.54, 1.807) is 17.7 Å². The second-order valence-electron chi connectivity index (χ2n) is 11.5. The Morgan fingerprint density at radius 1 is 0.889 bits per heavy atom. The normalized spacial score (nSPS) is 26.4. The number of anilines is 2. The predicted molar refractivity (Wildman–Crippen MR) is 143 cm³/mol. The fourth-order valence-electron chi connectivity index (χ4n) is 7.94. The van der Waals surface area contributed by atoms with Gasteiger partial charge in [-0.15, -0.1) is 0 Å². The molecule has 4 saturated carbocycles. The number of carboxylic acid groups (broad SMARTS) is 1. The van der Waals surface area contributed by atoms with Gasteiger partial charge in [0.2, 0.25) is 0 Å². The number of nitrogens with one attached hydrogen (secondary N) is 1. The molecule has 4 fully saturated rings. The van der Waals surface area contributed by atoms with Crippen LogP contribution in [0.1, 0.15) is 54.4 Å². The number of hydrogen-bond acceptors (Lipinski definition) is 3. The van der Waals surface area contributed by atoms with Crippen LogP contribution in [0.2, 0.25) is 0 Å². The van der Waals surface area contributed by atoms with Gasteiger partial charge in [-0.2, -0.15) is 0 Å². The van der Waals surface area contributed by atoms with Crippen molar-refractivity contribution in [3.8, 4) is 11.4 Å². The molecule has 0 atom stereocenters. The van der Waals surface area contributed by atoms with Crippen molar-refractivity contribution in [2.24, 2.45) is 24.8 Å². The monoisotopic (exact) mass is 477 g/mol. The Balaban J connectivity index is 1.11. The SMILES string of the molecule is Cn1c(-c2ccc(Nc3ccc(C45CC6CC(CC(C6)C4)C5)cc3)cc2)nc2cccc(C(=O)O)c21. The van der Waals surface area contributed by atoms with Gasteiger partial charge in [-0.3, -0.25) is 0 Å². The predicted octanol–water partition coefficient (Wildman–Crippen LogP) is 7.15. The summed E-state index contributed by atoms with van der Waals surface area (Å²) in [5, 5.41) is 13.1. The number of imidazole rings is 1. The molecule has 5 heteroatoms. The van der Waals surface area contributed by atoms with Crippen LogP contribution in [-0.2, 0) is 12.5 Å². The number of aryl methyl sites for hydroxylation is 1. The highest BCUT2D eigenvalue weighted by atomic mass is 16.4. The van der Waals surface area contributed by atoms with Gasteiger partial charge in [-0.25, -0.2) is 9.78 Å². The molecule has 5 nitrogen and oxygen atoms in total. The zero-order valence-electron chi connectivity index (χ0n) is 20.6. The summed E-state index contributed by atoms with van der Waals surface area (Å²) < 4.78 is 1.87. The van der Waals surface area contributed by atoms with Gasteiger partial charge in [0, 0.05) is 24.0 Å². The molecule has 1 aromatic heterocycles. The summed E-state index contributed by atoms with van der Waals surface area (Å²) in [6.45, 7) is 0. The zero-order chi connectivity index (χ0) is 24.4. The molecular formula is C31H31N3O2. The summed E-state index contributed by atoms with van der Waals surface area (Å²) in [5.41, 5.74) is 6.65. The molecule has 4 aliphatic carbocycles. The molecule has 0 aliphatic heterocycles. The van der Waals surface area contributed by atoms with E-state index in [0.717, 1.165) is 40.5 Å². The second-order valence-corrected chi connectivity index (χ2v) is 11.5.